The number of halogens is 4. The maximum absolute atomic E-state index is 12.2. The first-order valence-electron chi connectivity index (χ1n) is 9.92. The van der Waals surface area contributed by atoms with Gasteiger partial charge in [0.05, 0.1) is 18.2 Å². The van der Waals surface area contributed by atoms with Crippen LogP contribution in [0.15, 0.2) is 36.4 Å². The van der Waals surface area contributed by atoms with E-state index in [9.17, 15) is 23.1 Å². The number of fused-ring (bicyclic) bond motifs is 1. The lowest BCUT2D eigenvalue weighted by Gasteiger charge is -2.21. The molecule has 0 amide bonds. The third-order valence-electron chi connectivity index (χ3n) is 4.89. The van der Waals surface area contributed by atoms with E-state index in [1.807, 2.05) is 0 Å². The Balaban J connectivity index is 1.44. The molecule has 0 spiro atoms. The van der Waals surface area contributed by atoms with Crippen molar-refractivity contribution in [1.29, 1.82) is 0 Å². The van der Waals surface area contributed by atoms with Crippen LogP contribution in [0.25, 0.3) is 0 Å². The van der Waals surface area contributed by atoms with E-state index in [0.717, 1.165) is 5.56 Å². The first kappa shape index (κ1) is 23.8. The molecule has 32 heavy (non-hydrogen) atoms. The molecule has 0 aliphatic carbocycles. The molecule has 1 heterocycles. The second-order valence-corrected chi connectivity index (χ2v) is 7.66. The Kier molecular flexibility index (Phi) is 7.28. The standard InChI is InChI=1S/C22H22ClF3O6/c1-2-21(20(27)28)12-14-10-15(4-6-18(14)32-21)29-8-3-9-30-19-7-5-16(11-17(19)23)31-13-22(24,25)26/h4-7,10-11H,2-3,8-9,12-13H2,1H3,(H,27,28). The van der Waals surface area contributed by atoms with Crippen molar-refractivity contribution in [2.75, 3.05) is 19.8 Å². The van der Waals surface area contributed by atoms with Crippen molar-refractivity contribution in [2.45, 2.75) is 38.0 Å². The molecule has 6 nitrogen and oxygen atoms in total. The first-order chi connectivity index (χ1) is 15.1. The number of hydrogen-bond acceptors (Lipinski definition) is 5. The number of carbonyl (C=O) groups is 1. The smallest absolute Gasteiger partial charge is 0.422 e. The van der Waals surface area contributed by atoms with Gasteiger partial charge in [0, 0.05) is 24.5 Å². The lowest BCUT2D eigenvalue weighted by Crippen LogP contribution is -2.42. The second-order valence-electron chi connectivity index (χ2n) is 7.25. The topological polar surface area (TPSA) is 74.2 Å². The predicted octanol–water partition coefficient (Wildman–Crippen LogP) is 5.30. The van der Waals surface area contributed by atoms with Crippen LogP contribution < -0.4 is 18.9 Å². The zero-order valence-electron chi connectivity index (χ0n) is 17.2. The Hall–Kier alpha value is -2.81. The normalized spacial score (nSPS) is 17.4. The van der Waals surface area contributed by atoms with Gasteiger partial charge in [0.15, 0.2) is 6.61 Å². The van der Waals surface area contributed by atoms with E-state index < -0.39 is 24.4 Å². The summed E-state index contributed by atoms with van der Waals surface area (Å²) in [5.41, 5.74) is -0.455. The summed E-state index contributed by atoms with van der Waals surface area (Å²) in [6.07, 6.45) is -3.29. The van der Waals surface area contributed by atoms with Crippen molar-refractivity contribution in [1.82, 2.24) is 0 Å². The third-order valence-corrected chi connectivity index (χ3v) is 5.19. The average Bonchev–Trinajstić information content (AvgIpc) is 3.12. The highest BCUT2D eigenvalue weighted by Crippen LogP contribution is 2.39. The molecule has 0 radical (unpaired) electrons. The van der Waals surface area contributed by atoms with E-state index in [4.69, 9.17) is 25.8 Å². The molecule has 0 saturated heterocycles. The Morgan fingerprint density at radius 1 is 1.12 bits per heavy atom. The summed E-state index contributed by atoms with van der Waals surface area (Å²) in [5, 5.41) is 9.60. The number of carboxylic acid groups (broad SMARTS) is 1. The fraction of sp³-hybridized carbons (Fsp3) is 0.409. The molecule has 0 saturated carbocycles. The minimum Gasteiger partial charge on any atom is -0.493 e. The van der Waals surface area contributed by atoms with E-state index in [1.165, 1.54) is 18.2 Å². The minimum absolute atomic E-state index is 0.00131. The van der Waals surface area contributed by atoms with Crippen LogP contribution in [0.4, 0.5) is 13.2 Å². The Labute approximate surface area is 187 Å². The van der Waals surface area contributed by atoms with Gasteiger partial charge >= 0.3 is 12.1 Å². The number of ether oxygens (including phenoxy) is 4. The van der Waals surface area contributed by atoms with Gasteiger partial charge in [-0.25, -0.2) is 4.79 Å². The van der Waals surface area contributed by atoms with E-state index >= 15 is 0 Å². The average molecular weight is 475 g/mol. The van der Waals surface area contributed by atoms with Crippen LogP contribution in [-0.2, 0) is 11.2 Å². The molecule has 2 aromatic rings. The molecule has 3 rings (SSSR count). The van der Waals surface area contributed by atoms with Gasteiger partial charge in [0.2, 0.25) is 5.60 Å². The summed E-state index contributed by atoms with van der Waals surface area (Å²) in [6, 6.07) is 9.24. The van der Waals surface area contributed by atoms with Crippen molar-refractivity contribution in [3.8, 4) is 23.0 Å². The second kappa shape index (κ2) is 9.77. The molecule has 0 aromatic heterocycles. The van der Waals surface area contributed by atoms with Gasteiger partial charge in [-0.15, -0.1) is 0 Å². The van der Waals surface area contributed by atoms with Gasteiger partial charge < -0.3 is 24.1 Å². The van der Waals surface area contributed by atoms with Crippen molar-refractivity contribution in [2.24, 2.45) is 0 Å². The van der Waals surface area contributed by atoms with E-state index in [2.05, 4.69) is 4.74 Å². The summed E-state index contributed by atoms with van der Waals surface area (Å²) < 4.78 is 58.2. The minimum atomic E-state index is -4.43. The van der Waals surface area contributed by atoms with Crippen LogP contribution in [0, 0.1) is 0 Å². The first-order valence-corrected chi connectivity index (χ1v) is 10.3. The molecule has 1 aliphatic rings. The maximum Gasteiger partial charge on any atom is 0.422 e. The quantitative estimate of drug-likeness (QED) is 0.471. The van der Waals surface area contributed by atoms with E-state index in [0.29, 0.717) is 36.7 Å². The summed E-state index contributed by atoms with van der Waals surface area (Å²) in [6.45, 7) is 0.981. The summed E-state index contributed by atoms with van der Waals surface area (Å²) in [4.78, 5) is 11.6. The highest BCUT2D eigenvalue weighted by molar-refractivity contribution is 6.32. The largest absolute Gasteiger partial charge is 0.493 e. The molecule has 1 unspecified atom stereocenters. The summed E-state index contributed by atoms with van der Waals surface area (Å²) in [5.74, 6) is 0.467. The van der Waals surface area contributed by atoms with E-state index in [-0.39, 0.29) is 23.8 Å². The fourth-order valence-corrected chi connectivity index (χ4v) is 3.41. The highest BCUT2D eigenvalue weighted by atomic mass is 35.5. The molecule has 0 fully saturated rings. The molecular formula is C22H22ClF3O6. The number of hydrogen-bond donors (Lipinski definition) is 1. The molecular weight excluding hydrogens is 453 g/mol. The number of alkyl halides is 3. The lowest BCUT2D eigenvalue weighted by atomic mass is 9.94. The van der Waals surface area contributed by atoms with Gasteiger partial charge in [-0.05, 0) is 36.8 Å². The monoisotopic (exact) mass is 474 g/mol. The maximum atomic E-state index is 12.2. The van der Waals surface area contributed by atoms with Gasteiger partial charge in [-0.2, -0.15) is 13.2 Å². The summed E-state index contributed by atoms with van der Waals surface area (Å²) >= 11 is 6.03. The highest BCUT2D eigenvalue weighted by Gasteiger charge is 2.45. The molecule has 174 valence electrons. The molecule has 10 heteroatoms. The van der Waals surface area contributed by atoms with Gasteiger partial charge in [-0.3, -0.25) is 0 Å². The van der Waals surface area contributed by atoms with Crippen LogP contribution in [0.5, 0.6) is 23.0 Å². The predicted molar refractivity (Wildman–Crippen MR) is 110 cm³/mol. The van der Waals surface area contributed by atoms with Crippen LogP contribution in [0.2, 0.25) is 5.02 Å². The van der Waals surface area contributed by atoms with Gasteiger partial charge in [0.25, 0.3) is 0 Å². The molecule has 2 aromatic carbocycles. The van der Waals surface area contributed by atoms with E-state index in [1.54, 1.807) is 25.1 Å². The van der Waals surface area contributed by atoms with Gasteiger partial charge in [0.1, 0.15) is 23.0 Å². The zero-order chi connectivity index (χ0) is 23.4. The Bertz CT molecular complexity index is 965. The Morgan fingerprint density at radius 3 is 2.47 bits per heavy atom. The van der Waals surface area contributed by atoms with Crippen LogP contribution in [-0.4, -0.2) is 42.7 Å². The van der Waals surface area contributed by atoms with Crippen LogP contribution in [0.3, 0.4) is 0 Å². The Morgan fingerprint density at radius 2 is 1.81 bits per heavy atom. The SMILES string of the molecule is CCC1(C(=O)O)Cc2cc(OCCCOc3ccc(OCC(F)(F)F)cc3Cl)ccc2O1. The summed E-state index contributed by atoms with van der Waals surface area (Å²) in [7, 11) is 0. The fourth-order valence-electron chi connectivity index (χ4n) is 3.19. The third kappa shape index (κ3) is 5.91. The van der Waals surface area contributed by atoms with Crippen molar-refractivity contribution in [3.05, 3.63) is 47.0 Å². The number of rotatable bonds is 10. The van der Waals surface area contributed by atoms with Gasteiger partial charge in [-0.1, -0.05) is 18.5 Å². The van der Waals surface area contributed by atoms with Crippen molar-refractivity contribution in [3.63, 3.8) is 0 Å². The number of aliphatic carboxylic acids is 1. The zero-order valence-corrected chi connectivity index (χ0v) is 18.0. The molecule has 1 atom stereocenters. The number of benzene rings is 2. The van der Waals surface area contributed by atoms with Crippen molar-refractivity contribution < 1.29 is 42.0 Å². The van der Waals surface area contributed by atoms with Crippen molar-refractivity contribution >= 4 is 17.6 Å². The molecule has 1 aliphatic heterocycles. The molecule has 0 bridgehead atoms. The van der Waals surface area contributed by atoms with Crippen LogP contribution in [0.1, 0.15) is 25.3 Å². The molecule has 1 N–H and O–H groups in total. The van der Waals surface area contributed by atoms with Crippen LogP contribution >= 0.6 is 11.6 Å². The number of carboxylic acids is 1. The lowest BCUT2D eigenvalue weighted by molar-refractivity contribution is -0.154.